The van der Waals surface area contributed by atoms with Crippen molar-refractivity contribution in [3.8, 4) is 0 Å². The minimum Gasteiger partial charge on any atom is -0.375 e. The van der Waals surface area contributed by atoms with Crippen molar-refractivity contribution in [1.82, 2.24) is 13.9 Å². The zero-order valence-electron chi connectivity index (χ0n) is 16.1. The smallest absolute Gasteiger partial charge is 0.320 e. The first-order chi connectivity index (χ1) is 13.8. The Bertz CT molecular complexity index is 1160. The fourth-order valence-electron chi connectivity index (χ4n) is 3.87. The molecule has 29 heavy (non-hydrogen) atoms. The zero-order chi connectivity index (χ0) is 20.8. The average molecular weight is 420 g/mol. The summed E-state index contributed by atoms with van der Waals surface area (Å²) < 4.78 is 53.6. The standard InChI is InChI=1S/C20H22F2N4O2S/c1-13(19-24-17-7-3-4-9-18(17)26(19)20(21)22)23-16-8-5-6-14-12-25(29(2,27)28)11-10-15(14)16/h3-9,13,20,23H,10-12H2,1-2H3. The number of alkyl halides is 2. The molecular weight excluding hydrogens is 398 g/mol. The Morgan fingerprint density at radius 1 is 1.14 bits per heavy atom. The van der Waals surface area contributed by atoms with Gasteiger partial charge in [-0.1, -0.05) is 24.3 Å². The van der Waals surface area contributed by atoms with E-state index >= 15 is 0 Å². The molecule has 1 aromatic heterocycles. The van der Waals surface area contributed by atoms with Gasteiger partial charge in [-0.05, 0) is 42.7 Å². The lowest BCUT2D eigenvalue weighted by atomic mass is 9.98. The summed E-state index contributed by atoms with van der Waals surface area (Å²) in [6.07, 6.45) is 1.76. The van der Waals surface area contributed by atoms with Crippen molar-refractivity contribution in [1.29, 1.82) is 0 Å². The van der Waals surface area contributed by atoms with Crippen LogP contribution in [0.5, 0.6) is 0 Å². The van der Waals surface area contributed by atoms with Gasteiger partial charge in [-0.25, -0.2) is 13.4 Å². The number of aromatic nitrogens is 2. The van der Waals surface area contributed by atoms with Crippen LogP contribution in [-0.2, 0) is 23.0 Å². The highest BCUT2D eigenvalue weighted by atomic mass is 32.2. The summed E-state index contributed by atoms with van der Waals surface area (Å²) in [4.78, 5) is 4.42. The van der Waals surface area contributed by atoms with Gasteiger partial charge in [0.15, 0.2) is 0 Å². The molecule has 1 aliphatic rings. The van der Waals surface area contributed by atoms with Crippen LogP contribution >= 0.6 is 0 Å². The second kappa shape index (κ2) is 7.38. The molecule has 4 rings (SSSR count). The largest absolute Gasteiger partial charge is 0.375 e. The van der Waals surface area contributed by atoms with E-state index in [4.69, 9.17) is 0 Å². The van der Waals surface area contributed by atoms with Crippen LogP contribution < -0.4 is 5.32 Å². The van der Waals surface area contributed by atoms with E-state index in [0.29, 0.717) is 30.5 Å². The number of fused-ring (bicyclic) bond motifs is 2. The van der Waals surface area contributed by atoms with Crippen LogP contribution in [0.15, 0.2) is 42.5 Å². The molecule has 0 fully saturated rings. The Hall–Kier alpha value is -2.52. The number of nitrogens with zero attached hydrogens (tertiary/aromatic N) is 3. The average Bonchev–Trinajstić information content (AvgIpc) is 3.07. The summed E-state index contributed by atoms with van der Waals surface area (Å²) in [7, 11) is -3.26. The fraction of sp³-hybridized carbons (Fsp3) is 0.350. The second-order valence-corrected chi connectivity index (χ2v) is 9.24. The third kappa shape index (κ3) is 3.72. The molecule has 1 atom stereocenters. The quantitative estimate of drug-likeness (QED) is 0.679. The van der Waals surface area contributed by atoms with Crippen LogP contribution in [0.1, 0.15) is 36.5 Å². The maximum Gasteiger partial charge on any atom is 0.320 e. The predicted molar refractivity (Wildman–Crippen MR) is 108 cm³/mol. The van der Waals surface area contributed by atoms with Crippen LogP contribution in [0.25, 0.3) is 11.0 Å². The number of hydrogen-bond donors (Lipinski definition) is 1. The lowest BCUT2D eigenvalue weighted by Gasteiger charge is -2.29. The van der Waals surface area contributed by atoms with Crippen LogP contribution in [0.2, 0.25) is 0 Å². The highest BCUT2D eigenvalue weighted by Gasteiger charge is 2.26. The number of nitrogens with one attached hydrogen (secondary N) is 1. The number of para-hydroxylation sites is 2. The Morgan fingerprint density at radius 3 is 2.62 bits per heavy atom. The molecule has 0 spiro atoms. The first kappa shape index (κ1) is 19.8. The highest BCUT2D eigenvalue weighted by Crippen LogP contribution is 2.32. The lowest BCUT2D eigenvalue weighted by Crippen LogP contribution is -2.35. The molecule has 6 nitrogen and oxygen atoms in total. The van der Waals surface area contributed by atoms with Gasteiger partial charge in [-0.3, -0.25) is 4.57 Å². The van der Waals surface area contributed by atoms with Crippen LogP contribution in [0.3, 0.4) is 0 Å². The lowest BCUT2D eigenvalue weighted by molar-refractivity contribution is 0.0708. The number of anilines is 1. The molecule has 0 bridgehead atoms. The third-order valence-corrected chi connectivity index (χ3v) is 6.53. The van der Waals surface area contributed by atoms with Crippen molar-refractivity contribution in [2.75, 3.05) is 18.1 Å². The van der Waals surface area contributed by atoms with Crippen molar-refractivity contribution in [2.24, 2.45) is 0 Å². The maximum absolute atomic E-state index is 13.8. The number of halogens is 2. The summed E-state index contributed by atoms with van der Waals surface area (Å²) in [5, 5.41) is 3.31. The van der Waals surface area contributed by atoms with E-state index in [1.807, 2.05) is 18.2 Å². The summed E-state index contributed by atoms with van der Waals surface area (Å²) in [6, 6.07) is 12.0. The molecular formula is C20H22F2N4O2S. The summed E-state index contributed by atoms with van der Waals surface area (Å²) in [5.41, 5.74) is 3.66. The molecule has 2 aromatic carbocycles. The molecule has 9 heteroatoms. The molecule has 2 heterocycles. The molecule has 0 saturated carbocycles. The Morgan fingerprint density at radius 2 is 1.90 bits per heavy atom. The van der Waals surface area contributed by atoms with Gasteiger partial charge in [0.2, 0.25) is 10.0 Å². The molecule has 1 aliphatic heterocycles. The molecule has 3 aromatic rings. The maximum atomic E-state index is 13.8. The normalized spacial score (nSPS) is 16.2. The van der Waals surface area contributed by atoms with Crippen LogP contribution in [-0.4, -0.2) is 35.1 Å². The van der Waals surface area contributed by atoms with Crippen LogP contribution in [0.4, 0.5) is 14.5 Å². The van der Waals surface area contributed by atoms with E-state index < -0.39 is 22.6 Å². The Kier molecular flexibility index (Phi) is 5.04. The monoisotopic (exact) mass is 420 g/mol. The molecule has 154 valence electrons. The number of hydrogen-bond acceptors (Lipinski definition) is 4. The summed E-state index contributed by atoms with van der Waals surface area (Å²) >= 11 is 0. The molecule has 1 unspecified atom stereocenters. The van der Waals surface area contributed by atoms with E-state index in [9.17, 15) is 17.2 Å². The van der Waals surface area contributed by atoms with Crippen molar-refractivity contribution < 1.29 is 17.2 Å². The van der Waals surface area contributed by atoms with Gasteiger partial charge in [-0.15, -0.1) is 0 Å². The van der Waals surface area contributed by atoms with E-state index in [1.54, 1.807) is 31.2 Å². The van der Waals surface area contributed by atoms with Gasteiger partial charge in [-0.2, -0.15) is 13.1 Å². The van der Waals surface area contributed by atoms with Gasteiger partial charge < -0.3 is 5.32 Å². The minimum atomic E-state index is -3.26. The highest BCUT2D eigenvalue weighted by molar-refractivity contribution is 7.88. The van der Waals surface area contributed by atoms with E-state index in [-0.39, 0.29) is 5.82 Å². The number of sulfonamides is 1. The van der Waals surface area contributed by atoms with E-state index in [0.717, 1.165) is 21.4 Å². The van der Waals surface area contributed by atoms with Crippen molar-refractivity contribution in [2.45, 2.75) is 32.5 Å². The second-order valence-electron chi connectivity index (χ2n) is 7.26. The molecule has 0 amide bonds. The summed E-state index contributed by atoms with van der Waals surface area (Å²) in [6.45, 7) is -0.192. The topological polar surface area (TPSA) is 67.2 Å². The van der Waals surface area contributed by atoms with E-state index in [2.05, 4.69) is 10.3 Å². The predicted octanol–water partition coefficient (Wildman–Crippen LogP) is 3.92. The van der Waals surface area contributed by atoms with E-state index in [1.165, 1.54) is 10.6 Å². The van der Waals surface area contributed by atoms with Gasteiger partial charge in [0.05, 0.1) is 23.3 Å². The molecule has 0 radical (unpaired) electrons. The Balaban J connectivity index is 1.66. The third-order valence-electron chi connectivity index (χ3n) is 5.28. The zero-order valence-corrected chi connectivity index (χ0v) is 17.0. The van der Waals surface area contributed by atoms with Crippen molar-refractivity contribution in [3.63, 3.8) is 0 Å². The first-order valence-electron chi connectivity index (χ1n) is 9.33. The minimum absolute atomic E-state index is 0.257. The Labute approximate surface area is 168 Å². The van der Waals surface area contributed by atoms with Gasteiger partial charge in [0.25, 0.3) is 0 Å². The molecule has 1 N–H and O–H groups in total. The van der Waals surface area contributed by atoms with Crippen molar-refractivity contribution in [3.05, 3.63) is 59.4 Å². The number of imidazole rings is 1. The van der Waals surface area contributed by atoms with Gasteiger partial charge in [0, 0.05) is 18.8 Å². The number of benzene rings is 2. The molecule has 0 aliphatic carbocycles. The first-order valence-corrected chi connectivity index (χ1v) is 11.2. The SMILES string of the molecule is CC(Nc1cccc2c1CCN(S(C)(=O)=O)C2)c1nc2ccccc2n1C(F)F. The summed E-state index contributed by atoms with van der Waals surface area (Å²) in [5.74, 6) is 0.257. The van der Waals surface area contributed by atoms with Crippen molar-refractivity contribution >= 4 is 26.7 Å². The fourth-order valence-corrected chi connectivity index (χ4v) is 4.67. The molecule has 0 saturated heterocycles. The van der Waals surface area contributed by atoms with Gasteiger partial charge >= 0.3 is 6.55 Å². The number of rotatable bonds is 5. The van der Waals surface area contributed by atoms with Gasteiger partial charge in [0.1, 0.15) is 5.82 Å². The van der Waals surface area contributed by atoms with Crippen LogP contribution in [0, 0.1) is 0 Å².